The van der Waals surface area contributed by atoms with Gasteiger partial charge in [0.1, 0.15) is 0 Å². The number of phosphoric ester groups is 1. The van der Waals surface area contributed by atoms with E-state index in [9.17, 15) is 4.57 Å². The van der Waals surface area contributed by atoms with E-state index >= 15 is 0 Å². The molecular weight excluding hydrogens is 335 g/mol. The highest BCUT2D eigenvalue weighted by Gasteiger charge is 2.13. The summed E-state index contributed by atoms with van der Waals surface area (Å²) in [4.78, 5) is 8.24. The smallest absolute Gasteiger partial charge is 0.303 e. The molecule has 0 atom stereocenters. The highest BCUT2D eigenvalue weighted by atomic mass is 31.2. The Morgan fingerprint density at radius 1 is 0.560 bits per heavy atom. The molecule has 0 heterocycles. The van der Waals surface area contributed by atoms with E-state index in [1.807, 2.05) is 0 Å². The van der Waals surface area contributed by atoms with Crippen LogP contribution in [0.25, 0.3) is 0 Å². The molecule has 0 aromatic heterocycles. The van der Waals surface area contributed by atoms with Crippen LogP contribution in [0.4, 0.5) is 0 Å². The van der Waals surface area contributed by atoms with Crippen molar-refractivity contribution < 1.29 is 18.5 Å². The van der Waals surface area contributed by atoms with Gasteiger partial charge in [-0.25, -0.2) is 4.57 Å². The van der Waals surface area contributed by atoms with Crippen molar-refractivity contribution in [2.75, 3.05) is 14.2 Å². The van der Waals surface area contributed by atoms with Crippen LogP contribution in [-0.4, -0.2) is 19.1 Å². The maximum Gasteiger partial charge on any atom is 0.471 e. The first kappa shape index (κ1) is 27.3. The molecular formula is C20H45O4P. The molecule has 0 aromatic rings. The Hall–Kier alpha value is 0.110. The van der Waals surface area contributed by atoms with Crippen molar-refractivity contribution in [1.29, 1.82) is 0 Å². The van der Waals surface area contributed by atoms with Gasteiger partial charge in [0, 0.05) is 14.2 Å². The van der Waals surface area contributed by atoms with Gasteiger partial charge < -0.3 is 4.89 Å². The molecule has 0 aliphatic rings. The normalized spacial score (nSPS) is 11.2. The van der Waals surface area contributed by atoms with Crippen LogP contribution in [0.3, 0.4) is 0 Å². The minimum absolute atomic E-state index is 1.10. The minimum Gasteiger partial charge on any atom is -0.303 e. The van der Waals surface area contributed by atoms with Crippen LogP contribution >= 0.6 is 7.82 Å². The first-order chi connectivity index (χ1) is 12.0. The number of phosphoric acid groups is 1. The van der Waals surface area contributed by atoms with Crippen LogP contribution < -0.4 is 0 Å². The molecule has 4 nitrogen and oxygen atoms in total. The van der Waals surface area contributed by atoms with E-state index in [1.165, 1.54) is 103 Å². The summed E-state index contributed by atoms with van der Waals surface area (Å²) in [6.07, 6.45) is 23.4. The fourth-order valence-corrected chi connectivity index (χ4v) is 2.84. The molecule has 154 valence electrons. The second-order valence-electron chi connectivity index (χ2n) is 6.78. The van der Waals surface area contributed by atoms with Gasteiger partial charge in [-0.15, -0.1) is 0 Å². The lowest BCUT2D eigenvalue weighted by molar-refractivity contribution is 0.204. The monoisotopic (exact) mass is 380 g/mol. The lowest BCUT2D eigenvalue weighted by Crippen LogP contribution is -1.83. The van der Waals surface area contributed by atoms with E-state index in [4.69, 9.17) is 4.89 Å². The van der Waals surface area contributed by atoms with E-state index < -0.39 is 7.82 Å². The third-order valence-corrected chi connectivity index (χ3v) is 5.34. The number of hydrogen-bond acceptors (Lipinski definition) is 3. The first-order valence-corrected chi connectivity index (χ1v) is 12.0. The van der Waals surface area contributed by atoms with Crippen LogP contribution in [0.2, 0.25) is 0 Å². The maximum absolute atomic E-state index is 10.1. The van der Waals surface area contributed by atoms with E-state index in [0.29, 0.717) is 0 Å². The van der Waals surface area contributed by atoms with Crippen molar-refractivity contribution in [2.24, 2.45) is 0 Å². The highest BCUT2D eigenvalue weighted by Crippen LogP contribution is 2.40. The fraction of sp³-hybridized carbons (Fsp3) is 1.00. The Balaban J connectivity index is 0. The van der Waals surface area contributed by atoms with Crippen LogP contribution in [0.5, 0.6) is 0 Å². The van der Waals surface area contributed by atoms with Gasteiger partial charge in [0.05, 0.1) is 0 Å². The van der Waals surface area contributed by atoms with Crippen molar-refractivity contribution in [2.45, 2.75) is 117 Å². The maximum atomic E-state index is 10.1. The van der Waals surface area contributed by atoms with Crippen LogP contribution in [0.1, 0.15) is 117 Å². The molecule has 1 N–H and O–H groups in total. The molecule has 0 unspecified atom stereocenters. The van der Waals surface area contributed by atoms with E-state index in [0.717, 1.165) is 14.2 Å². The predicted molar refractivity (Wildman–Crippen MR) is 109 cm³/mol. The third-order valence-electron chi connectivity index (χ3n) is 4.42. The first-order valence-electron chi connectivity index (χ1n) is 10.5. The molecule has 0 radical (unpaired) electrons. The number of unbranched alkanes of at least 4 members (excludes halogenated alkanes) is 15. The van der Waals surface area contributed by atoms with Crippen molar-refractivity contribution in [3.63, 3.8) is 0 Å². The van der Waals surface area contributed by atoms with Gasteiger partial charge in [0.15, 0.2) is 0 Å². The molecule has 0 saturated heterocycles. The lowest BCUT2D eigenvalue weighted by atomic mass is 10.0. The molecule has 0 rings (SSSR count). The summed E-state index contributed by atoms with van der Waals surface area (Å²) in [6.45, 7) is 4.59. The molecule has 0 aromatic carbocycles. The molecule has 0 amide bonds. The van der Waals surface area contributed by atoms with Crippen molar-refractivity contribution in [3.05, 3.63) is 0 Å². The standard InChI is InChI=1S/C18H38.C2H7O4P/c1-3-5-7-9-11-13-15-17-18-16-14-12-10-8-6-4-2;1-5-7(3,4)6-2/h3-18H2,1-2H3;1-2H3,(H,3,4). The second-order valence-corrected chi connectivity index (χ2v) is 8.45. The van der Waals surface area contributed by atoms with E-state index in [-0.39, 0.29) is 0 Å². The zero-order valence-electron chi connectivity index (χ0n) is 17.4. The predicted octanol–water partition coefficient (Wildman–Crippen LogP) is 7.65. The quantitative estimate of drug-likeness (QED) is 0.208. The SMILES string of the molecule is CCCCCCCCCCCCCCCCCC.COP(=O)(O)OC. The van der Waals surface area contributed by atoms with Gasteiger partial charge in [-0.05, 0) is 0 Å². The Kier molecular flexibility index (Phi) is 24.2. The summed E-state index contributed by atoms with van der Waals surface area (Å²) in [6, 6.07) is 0. The summed E-state index contributed by atoms with van der Waals surface area (Å²) in [7, 11) is -1.45. The largest absolute Gasteiger partial charge is 0.471 e. The van der Waals surface area contributed by atoms with Crippen molar-refractivity contribution >= 4 is 7.82 Å². The lowest BCUT2D eigenvalue weighted by Gasteiger charge is -2.03. The molecule has 0 aliphatic heterocycles. The molecule has 25 heavy (non-hydrogen) atoms. The van der Waals surface area contributed by atoms with E-state index in [2.05, 4.69) is 22.9 Å². The average molecular weight is 381 g/mol. The Morgan fingerprint density at radius 2 is 0.760 bits per heavy atom. The summed E-state index contributed by atoms with van der Waals surface area (Å²) in [5.41, 5.74) is 0. The van der Waals surface area contributed by atoms with Gasteiger partial charge in [0.25, 0.3) is 0 Å². The Bertz CT molecular complexity index is 261. The van der Waals surface area contributed by atoms with E-state index in [1.54, 1.807) is 0 Å². The van der Waals surface area contributed by atoms with Gasteiger partial charge in [-0.3, -0.25) is 9.05 Å². The molecule has 0 spiro atoms. The van der Waals surface area contributed by atoms with Crippen molar-refractivity contribution in [1.82, 2.24) is 0 Å². The Labute approximate surface area is 157 Å². The van der Waals surface area contributed by atoms with Crippen LogP contribution in [-0.2, 0) is 13.6 Å². The van der Waals surface area contributed by atoms with Gasteiger partial charge in [0.2, 0.25) is 0 Å². The molecule has 0 saturated carbocycles. The van der Waals surface area contributed by atoms with Crippen molar-refractivity contribution in [3.8, 4) is 0 Å². The van der Waals surface area contributed by atoms with Crippen LogP contribution in [0.15, 0.2) is 0 Å². The molecule has 0 aliphatic carbocycles. The average Bonchev–Trinajstić information content (AvgIpc) is 2.62. The zero-order valence-corrected chi connectivity index (χ0v) is 18.3. The molecule has 5 heteroatoms. The van der Waals surface area contributed by atoms with Gasteiger partial charge in [-0.1, -0.05) is 117 Å². The summed E-state index contributed by atoms with van der Waals surface area (Å²) < 4.78 is 18.0. The summed E-state index contributed by atoms with van der Waals surface area (Å²) in [5.74, 6) is 0. The second kappa shape index (κ2) is 22.2. The zero-order chi connectivity index (χ0) is 19.2. The molecule has 0 fully saturated rings. The topological polar surface area (TPSA) is 55.8 Å². The minimum atomic E-state index is -3.65. The Morgan fingerprint density at radius 3 is 0.880 bits per heavy atom. The molecule has 0 bridgehead atoms. The summed E-state index contributed by atoms with van der Waals surface area (Å²) in [5, 5.41) is 0. The third kappa shape index (κ3) is 26.4. The summed E-state index contributed by atoms with van der Waals surface area (Å²) >= 11 is 0. The number of hydrogen-bond donors (Lipinski definition) is 1. The highest BCUT2D eigenvalue weighted by molar-refractivity contribution is 7.47. The fourth-order valence-electron chi connectivity index (χ4n) is 2.70. The number of rotatable bonds is 17. The van der Waals surface area contributed by atoms with Crippen LogP contribution in [0, 0.1) is 0 Å². The van der Waals surface area contributed by atoms with Gasteiger partial charge >= 0.3 is 7.82 Å². The van der Waals surface area contributed by atoms with Gasteiger partial charge in [-0.2, -0.15) is 0 Å².